The number of primary amides is 1. The van der Waals surface area contributed by atoms with Crippen molar-refractivity contribution in [3.05, 3.63) is 53.9 Å². The van der Waals surface area contributed by atoms with Gasteiger partial charge < -0.3 is 24.8 Å². The average Bonchev–Trinajstić information content (AvgIpc) is 3.48. The monoisotopic (exact) mass is 434 g/mol. The van der Waals surface area contributed by atoms with E-state index in [1.165, 1.54) is 6.26 Å². The SMILES string of the molecule is N#Cc1nc(-c2ccco2)oc1N1CCN(CCC(=O)Nc2ccc(C(N)=O)cc2)CC1. The zero-order chi connectivity index (χ0) is 22.5. The van der Waals surface area contributed by atoms with Crippen LogP contribution in [0.15, 0.2) is 51.5 Å². The molecule has 0 radical (unpaired) electrons. The minimum absolute atomic E-state index is 0.107. The van der Waals surface area contributed by atoms with Crippen LogP contribution in [0.1, 0.15) is 22.5 Å². The number of oxazole rings is 1. The second kappa shape index (κ2) is 9.36. The Morgan fingerprint density at radius 2 is 1.91 bits per heavy atom. The van der Waals surface area contributed by atoms with E-state index in [-0.39, 0.29) is 17.5 Å². The highest BCUT2D eigenvalue weighted by Gasteiger charge is 2.25. The van der Waals surface area contributed by atoms with E-state index in [9.17, 15) is 14.9 Å². The number of carbonyl (C=O) groups excluding carboxylic acids is 2. The lowest BCUT2D eigenvalue weighted by Crippen LogP contribution is -2.47. The summed E-state index contributed by atoms with van der Waals surface area (Å²) in [7, 11) is 0. The van der Waals surface area contributed by atoms with E-state index < -0.39 is 5.91 Å². The van der Waals surface area contributed by atoms with E-state index in [1.54, 1.807) is 36.4 Å². The molecule has 1 aliphatic rings. The Hall–Kier alpha value is -4.10. The number of nitriles is 1. The second-order valence-electron chi connectivity index (χ2n) is 7.33. The van der Waals surface area contributed by atoms with Crippen molar-refractivity contribution in [3.8, 4) is 17.7 Å². The van der Waals surface area contributed by atoms with Gasteiger partial charge in [-0.25, -0.2) is 0 Å². The molecule has 1 saturated heterocycles. The number of piperazine rings is 1. The number of benzene rings is 1. The van der Waals surface area contributed by atoms with Crippen LogP contribution >= 0.6 is 0 Å². The molecule has 1 aromatic carbocycles. The van der Waals surface area contributed by atoms with Gasteiger partial charge in [-0.05, 0) is 36.4 Å². The van der Waals surface area contributed by atoms with Crippen LogP contribution in [0.25, 0.3) is 11.7 Å². The van der Waals surface area contributed by atoms with Crippen molar-refractivity contribution in [2.45, 2.75) is 6.42 Å². The number of anilines is 2. The third-order valence-corrected chi connectivity index (χ3v) is 5.21. The molecule has 164 valence electrons. The van der Waals surface area contributed by atoms with Gasteiger partial charge in [-0.15, -0.1) is 0 Å². The first kappa shape index (κ1) is 21.1. The average molecular weight is 434 g/mol. The number of rotatable bonds is 7. The fourth-order valence-corrected chi connectivity index (χ4v) is 3.48. The topological polar surface area (TPSA) is 142 Å². The Labute approximate surface area is 184 Å². The lowest BCUT2D eigenvalue weighted by atomic mass is 10.2. The molecule has 1 aliphatic heterocycles. The van der Waals surface area contributed by atoms with E-state index in [0.717, 1.165) is 13.1 Å². The number of nitrogens with one attached hydrogen (secondary N) is 1. The first-order chi connectivity index (χ1) is 15.5. The van der Waals surface area contributed by atoms with Gasteiger partial charge in [0.1, 0.15) is 6.07 Å². The van der Waals surface area contributed by atoms with Gasteiger partial charge in [0.05, 0.1) is 6.26 Å². The summed E-state index contributed by atoms with van der Waals surface area (Å²) in [6, 6.07) is 12.0. The van der Waals surface area contributed by atoms with Gasteiger partial charge in [0.25, 0.3) is 5.89 Å². The van der Waals surface area contributed by atoms with Crippen molar-refractivity contribution in [2.75, 3.05) is 42.9 Å². The smallest absolute Gasteiger partial charge is 0.266 e. The van der Waals surface area contributed by atoms with Crippen molar-refractivity contribution in [3.63, 3.8) is 0 Å². The zero-order valence-corrected chi connectivity index (χ0v) is 17.3. The highest BCUT2D eigenvalue weighted by atomic mass is 16.4. The number of aromatic nitrogens is 1. The van der Waals surface area contributed by atoms with Gasteiger partial charge in [0, 0.05) is 50.4 Å². The third kappa shape index (κ3) is 4.79. The van der Waals surface area contributed by atoms with Gasteiger partial charge >= 0.3 is 0 Å². The van der Waals surface area contributed by atoms with Crippen LogP contribution in [-0.2, 0) is 4.79 Å². The maximum atomic E-state index is 12.3. The summed E-state index contributed by atoms with van der Waals surface area (Å²) in [5.41, 5.74) is 6.45. The maximum Gasteiger partial charge on any atom is 0.266 e. The number of nitrogens with two attached hydrogens (primary N) is 1. The number of carbonyl (C=O) groups is 2. The molecular weight excluding hydrogens is 412 g/mol. The Bertz CT molecular complexity index is 1120. The van der Waals surface area contributed by atoms with Crippen LogP contribution < -0.4 is 16.0 Å². The molecule has 3 N–H and O–H groups in total. The molecule has 2 amide bonds. The fraction of sp³-hybridized carbons (Fsp3) is 0.273. The van der Waals surface area contributed by atoms with E-state index in [0.29, 0.717) is 49.0 Å². The highest BCUT2D eigenvalue weighted by Crippen LogP contribution is 2.29. The van der Waals surface area contributed by atoms with E-state index >= 15 is 0 Å². The van der Waals surface area contributed by atoms with Crippen LogP contribution in [0.4, 0.5) is 11.6 Å². The summed E-state index contributed by atoms with van der Waals surface area (Å²) in [6.07, 6.45) is 1.86. The largest absolute Gasteiger partial charge is 0.459 e. The van der Waals surface area contributed by atoms with Crippen LogP contribution in [0.5, 0.6) is 0 Å². The molecule has 0 atom stereocenters. The second-order valence-corrected chi connectivity index (χ2v) is 7.33. The van der Waals surface area contributed by atoms with Gasteiger partial charge in [0.2, 0.25) is 23.4 Å². The minimum atomic E-state index is -0.508. The van der Waals surface area contributed by atoms with E-state index in [2.05, 4.69) is 21.3 Å². The van der Waals surface area contributed by atoms with Crippen molar-refractivity contribution in [1.82, 2.24) is 9.88 Å². The van der Waals surface area contributed by atoms with Crippen LogP contribution in [0, 0.1) is 11.3 Å². The van der Waals surface area contributed by atoms with Crippen LogP contribution in [0.2, 0.25) is 0 Å². The molecule has 3 heterocycles. The lowest BCUT2D eigenvalue weighted by Gasteiger charge is -2.34. The summed E-state index contributed by atoms with van der Waals surface area (Å²) in [4.78, 5) is 31.8. The molecule has 10 nitrogen and oxygen atoms in total. The van der Waals surface area contributed by atoms with Crippen LogP contribution in [0.3, 0.4) is 0 Å². The molecule has 0 aliphatic carbocycles. The zero-order valence-electron chi connectivity index (χ0n) is 17.3. The lowest BCUT2D eigenvalue weighted by molar-refractivity contribution is -0.116. The first-order valence-electron chi connectivity index (χ1n) is 10.2. The quantitative estimate of drug-likeness (QED) is 0.575. The Morgan fingerprint density at radius 1 is 1.16 bits per heavy atom. The molecular formula is C22H22N6O4. The minimum Gasteiger partial charge on any atom is -0.459 e. The maximum absolute atomic E-state index is 12.3. The molecule has 0 saturated carbocycles. The summed E-state index contributed by atoms with van der Waals surface area (Å²) in [5.74, 6) is 0.581. The molecule has 3 aromatic rings. The van der Waals surface area contributed by atoms with Gasteiger partial charge in [-0.2, -0.15) is 10.2 Å². The van der Waals surface area contributed by atoms with E-state index in [4.69, 9.17) is 14.6 Å². The Balaban J connectivity index is 1.27. The van der Waals surface area contributed by atoms with Gasteiger partial charge in [0.15, 0.2) is 5.76 Å². The number of hydrogen-bond donors (Lipinski definition) is 2. The first-order valence-corrected chi connectivity index (χ1v) is 10.2. The number of furan rings is 1. The number of amides is 2. The fourth-order valence-electron chi connectivity index (χ4n) is 3.48. The predicted molar refractivity (Wildman–Crippen MR) is 116 cm³/mol. The summed E-state index contributed by atoms with van der Waals surface area (Å²) >= 11 is 0. The molecule has 2 aromatic heterocycles. The van der Waals surface area contributed by atoms with Crippen LogP contribution in [-0.4, -0.2) is 54.4 Å². The molecule has 1 fully saturated rings. The Morgan fingerprint density at radius 3 is 2.53 bits per heavy atom. The molecule has 32 heavy (non-hydrogen) atoms. The molecule has 0 bridgehead atoms. The van der Waals surface area contributed by atoms with Gasteiger partial charge in [-0.3, -0.25) is 14.5 Å². The molecule has 0 spiro atoms. The number of nitrogens with zero attached hydrogens (tertiary/aromatic N) is 4. The highest BCUT2D eigenvalue weighted by molar-refractivity contribution is 5.94. The number of hydrogen-bond acceptors (Lipinski definition) is 8. The van der Waals surface area contributed by atoms with Crippen molar-refractivity contribution in [1.29, 1.82) is 5.26 Å². The normalized spacial score (nSPS) is 14.2. The summed E-state index contributed by atoms with van der Waals surface area (Å²) in [5, 5.41) is 12.2. The van der Waals surface area contributed by atoms with E-state index in [1.807, 2.05) is 4.90 Å². The summed E-state index contributed by atoms with van der Waals surface area (Å²) < 4.78 is 11.1. The van der Waals surface area contributed by atoms with Crippen molar-refractivity contribution >= 4 is 23.4 Å². The van der Waals surface area contributed by atoms with Gasteiger partial charge in [-0.1, -0.05) is 0 Å². The van der Waals surface area contributed by atoms with Crippen molar-refractivity contribution < 1.29 is 18.4 Å². The molecule has 0 unspecified atom stereocenters. The van der Waals surface area contributed by atoms with Crippen molar-refractivity contribution in [2.24, 2.45) is 5.73 Å². The Kier molecular flexibility index (Phi) is 6.19. The molecule has 10 heteroatoms. The summed E-state index contributed by atoms with van der Waals surface area (Å²) in [6.45, 7) is 3.36. The standard InChI is InChI=1S/C22H22N6O4/c23-14-17-22(32-21(26-17)18-2-1-13-31-18)28-11-9-27(10-12-28)8-7-19(29)25-16-5-3-15(4-6-16)20(24)30/h1-6,13H,7-12H2,(H2,24,30)(H,25,29). The predicted octanol–water partition coefficient (Wildman–Crippen LogP) is 2.06. The third-order valence-electron chi connectivity index (χ3n) is 5.21. The molecule has 4 rings (SSSR count).